The zero-order valence-electron chi connectivity index (χ0n) is 19.3. The standard InChI is InChI=1S/C26H36FN3O2/c1-3-12-28-13-15-29(16-14-28)25(31)22-9-11-24(21-8-10-23(27)19(2)17-21)30(18-22)26(32)20-6-4-5-7-20/h3,8,10,17,20,22,24H,1,4-7,9,11-16,18H2,2H3. The number of piperidine rings is 1. The lowest BCUT2D eigenvalue weighted by Crippen LogP contribution is -2.53. The van der Waals surface area contributed by atoms with Crippen LogP contribution in [0.3, 0.4) is 0 Å². The van der Waals surface area contributed by atoms with Crippen LogP contribution in [0.1, 0.15) is 55.7 Å². The first-order valence-electron chi connectivity index (χ1n) is 12.2. The van der Waals surface area contributed by atoms with Crippen LogP contribution in [0, 0.1) is 24.6 Å². The number of hydrogen-bond donors (Lipinski definition) is 0. The topological polar surface area (TPSA) is 43.9 Å². The van der Waals surface area contributed by atoms with Gasteiger partial charge in [0.1, 0.15) is 5.82 Å². The normalized spacial score (nSPS) is 25.2. The molecule has 0 radical (unpaired) electrons. The van der Waals surface area contributed by atoms with Crippen molar-refractivity contribution < 1.29 is 14.0 Å². The second kappa shape index (κ2) is 10.2. The molecule has 0 N–H and O–H groups in total. The Morgan fingerprint density at radius 2 is 1.75 bits per heavy atom. The number of nitrogens with zero attached hydrogens (tertiary/aromatic N) is 3. The van der Waals surface area contributed by atoms with Crippen molar-refractivity contribution in [2.75, 3.05) is 39.3 Å². The Morgan fingerprint density at radius 1 is 1.03 bits per heavy atom. The van der Waals surface area contributed by atoms with Gasteiger partial charge in [-0.3, -0.25) is 14.5 Å². The summed E-state index contributed by atoms with van der Waals surface area (Å²) in [5.41, 5.74) is 1.59. The molecule has 6 heteroatoms. The quantitative estimate of drug-likeness (QED) is 0.651. The van der Waals surface area contributed by atoms with E-state index in [0.29, 0.717) is 12.1 Å². The van der Waals surface area contributed by atoms with Crippen molar-refractivity contribution in [3.8, 4) is 0 Å². The molecule has 1 aromatic carbocycles. The van der Waals surface area contributed by atoms with Crippen LogP contribution in [-0.4, -0.2) is 65.8 Å². The van der Waals surface area contributed by atoms with Crippen LogP contribution < -0.4 is 0 Å². The highest BCUT2D eigenvalue weighted by molar-refractivity contribution is 5.83. The molecule has 5 nitrogen and oxygen atoms in total. The van der Waals surface area contributed by atoms with Crippen molar-refractivity contribution in [1.29, 1.82) is 0 Å². The molecule has 4 rings (SSSR count). The molecule has 2 saturated heterocycles. The molecule has 1 saturated carbocycles. The number of piperazine rings is 1. The zero-order chi connectivity index (χ0) is 22.7. The fourth-order valence-electron chi connectivity index (χ4n) is 5.64. The highest BCUT2D eigenvalue weighted by Crippen LogP contribution is 2.38. The summed E-state index contributed by atoms with van der Waals surface area (Å²) in [7, 11) is 0. The van der Waals surface area contributed by atoms with Crippen LogP contribution >= 0.6 is 0 Å². The number of rotatable bonds is 5. The lowest BCUT2D eigenvalue weighted by Gasteiger charge is -2.43. The largest absolute Gasteiger partial charge is 0.340 e. The third kappa shape index (κ3) is 4.90. The van der Waals surface area contributed by atoms with Gasteiger partial charge >= 0.3 is 0 Å². The predicted octanol–water partition coefficient (Wildman–Crippen LogP) is 3.93. The number of aryl methyl sites for hydroxylation is 1. The Hall–Kier alpha value is -2.21. The van der Waals surface area contributed by atoms with Gasteiger partial charge in [0.15, 0.2) is 0 Å². The maximum Gasteiger partial charge on any atom is 0.227 e. The number of hydrogen-bond acceptors (Lipinski definition) is 3. The lowest BCUT2D eigenvalue weighted by atomic mass is 9.86. The molecule has 0 aromatic heterocycles. The molecule has 3 aliphatic rings. The lowest BCUT2D eigenvalue weighted by molar-refractivity contribution is -0.146. The van der Waals surface area contributed by atoms with Crippen molar-refractivity contribution >= 4 is 11.8 Å². The van der Waals surface area contributed by atoms with Gasteiger partial charge in [-0.05, 0) is 49.8 Å². The summed E-state index contributed by atoms with van der Waals surface area (Å²) in [6, 6.07) is 5.11. The molecule has 1 aromatic rings. The highest BCUT2D eigenvalue weighted by Gasteiger charge is 2.40. The summed E-state index contributed by atoms with van der Waals surface area (Å²) in [6.45, 7) is 10.1. The Kier molecular flexibility index (Phi) is 7.29. The van der Waals surface area contributed by atoms with E-state index in [1.807, 2.05) is 28.0 Å². The molecule has 1 aliphatic carbocycles. The van der Waals surface area contributed by atoms with Crippen LogP contribution in [0.15, 0.2) is 30.9 Å². The van der Waals surface area contributed by atoms with E-state index in [0.717, 1.165) is 76.8 Å². The summed E-state index contributed by atoms with van der Waals surface area (Å²) in [6.07, 6.45) is 7.49. The summed E-state index contributed by atoms with van der Waals surface area (Å²) in [4.78, 5) is 33.1. The van der Waals surface area contributed by atoms with E-state index in [1.165, 1.54) is 6.07 Å². The molecular weight excluding hydrogens is 405 g/mol. The Morgan fingerprint density at radius 3 is 2.41 bits per heavy atom. The second-order valence-electron chi connectivity index (χ2n) is 9.69. The van der Waals surface area contributed by atoms with Crippen molar-refractivity contribution in [3.05, 3.63) is 47.8 Å². The molecule has 3 fully saturated rings. The summed E-state index contributed by atoms with van der Waals surface area (Å²) in [5.74, 6) is 0.0605. The van der Waals surface area contributed by atoms with Crippen LogP contribution in [0.2, 0.25) is 0 Å². The van der Waals surface area contributed by atoms with Crippen molar-refractivity contribution in [3.63, 3.8) is 0 Å². The van der Waals surface area contributed by atoms with Gasteiger partial charge < -0.3 is 9.80 Å². The van der Waals surface area contributed by atoms with Gasteiger partial charge in [0.25, 0.3) is 0 Å². The van der Waals surface area contributed by atoms with E-state index in [9.17, 15) is 14.0 Å². The SMILES string of the molecule is C=CCN1CCN(C(=O)C2CCC(c3ccc(F)c(C)c3)N(C(=O)C3CCCC3)C2)CC1. The minimum absolute atomic E-state index is 0.0651. The second-order valence-corrected chi connectivity index (χ2v) is 9.69. The third-order valence-corrected chi connectivity index (χ3v) is 7.56. The smallest absolute Gasteiger partial charge is 0.227 e. The molecule has 2 aliphatic heterocycles. The van der Waals surface area contributed by atoms with E-state index < -0.39 is 0 Å². The van der Waals surface area contributed by atoms with Crippen LogP contribution in [0.4, 0.5) is 4.39 Å². The van der Waals surface area contributed by atoms with Gasteiger partial charge in [-0.25, -0.2) is 4.39 Å². The molecule has 2 unspecified atom stereocenters. The molecule has 2 amide bonds. The van der Waals surface area contributed by atoms with E-state index in [1.54, 1.807) is 6.92 Å². The van der Waals surface area contributed by atoms with E-state index >= 15 is 0 Å². The molecule has 0 bridgehead atoms. The molecule has 32 heavy (non-hydrogen) atoms. The minimum Gasteiger partial charge on any atom is -0.340 e. The number of benzene rings is 1. The average Bonchev–Trinajstić information content (AvgIpc) is 3.35. The fraction of sp³-hybridized carbons (Fsp3) is 0.615. The van der Waals surface area contributed by atoms with E-state index in [-0.39, 0.29) is 35.5 Å². The van der Waals surface area contributed by atoms with Gasteiger partial charge in [-0.15, -0.1) is 6.58 Å². The monoisotopic (exact) mass is 441 g/mol. The first kappa shape index (κ1) is 23.0. The maximum absolute atomic E-state index is 13.9. The van der Waals surface area contributed by atoms with Gasteiger partial charge in [-0.1, -0.05) is 31.1 Å². The highest BCUT2D eigenvalue weighted by atomic mass is 19.1. The average molecular weight is 442 g/mol. The minimum atomic E-state index is -0.220. The summed E-state index contributed by atoms with van der Waals surface area (Å²) >= 11 is 0. The third-order valence-electron chi connectivity index (χ3n) is 7.56. The Balaban J connectivity index is 1.49. The first-order chi connectivity index (χ1) is 15.5. The maximum atomic E-state index is 13.9. The Labute approximate surface area is 191 Å². The van der Waals surface area contributed by atoms with E-state index in [2.05, 4.69) is 11.5 Å². The van der Waals surface area contributed by atoms with Crippen LogP contribution in [0.25, 0.3) is 0 Å². The number of likely N-dealkylation sites (tertiary alicyclic amines) is 1. The number of amides is 2. The first-order valence-corrected chi connectivity index (χ1v) is 12.2. The Bertz CT molecular complexity index is 843. The van der Waals surface area contributed by atoms with Gasteiger partial charge in [0, 0.05) is 45.2 Å². The summed E-state index contributed by atoms with van der Waals surface area (Å²) in [5, 5.41) is 0. The molecule has 0 spiro atoms. The zero-order valence-corrected chi connectivity index (χ0v) is 19.3. The van der Waals surface area contributed by atoms with Crippen LogP contribution in [-0.2, 0) is 9.59 Å². The predicted molar refractivity (Wildman–Crippen MR) is 123 cm³/mol. The fourth-order valence-corrected chi connectivity index (χ4v) is 5.64. The van der Waals surface area contributed by atoms with Crippen molar-refractivity contribution in [2.45, 2.75) is 51.5 Å². The number of halogens is 1. The van der Waals surface area contributed by atoms with Gasteiger partial charge in [0.05, 0.1) is 12.0 Å². The molecule has 2 heterocycles. The van der Waals surface area contributed by atoms with Crippen molar-refractivity contribution in [1.82, 2.24) is 14.7 Å². The molecule has 2 atom stereocenters. The van der Waals surface area contributed by atoms with Crippen LogP contribution in [0.5, 0.6) is 0 Å². The molecule has 174 valence electrons. The van der Waals surface area contributed by atoms with Gasteiger partial charge in [-0.2, -0.15) is 0 Å². The van der Waals surface area contributed by atoms with E-state index in [4.69, 9.17) is 0 Å². The number of carbonyl (C=O) groups excluding carboxylic acids is 2. The molecular formula is C26H36FN3O2. The van der Waals surface area contributed by atoms with Gasteiger partial charge in [0.2, 0.25) is 11.8 Å². The number of carbonyl (C=O) groups is 2. The summed E-state index contributed by atoms with van der Waals surface area (Å²) < 4.78 is 13.9. The van der Waals surface area contributed by atoms with Crippen molar-refractivity contribution in [2.24, 2.45) is 11.8 Å².